The molecule has 1 heterocycles. The van der Waals surface area contributed by atoms with Crippen LogP contribution >= 0.6 is 23.2 Å². The highest BCUT2D eigenvalue weighted by atomic mass is 35.5. The van der Waals surface area contributed by atoms with Crippen molar-refractivity contribution >= 4 is 23.2 Å². The summed E-state index contributed by atoms with van der Waals surface area (Å²) in [6.07, 6.45) is 0. The lowest BCUT2D eigenvalue weighted by Gasteiger charge is -2.04. The fourth-order valence-electron chi connectivity index (χ4n) is 1.25. The number of hydrogen-bond acceptors (Lipinski definition) is 4. The Morgan fingerprint density at radius 2 is 2.06 bits per heavy atom. The van der Waals surface area contributed by atoms with Crippen molar-refractivity contribution in [2.24, 2.45) is 0 Å². The zero-order valence-electron chi connectivity index (χ0n) is 9.11. The van der Waals surface area contributed by atoms with E-state index in [1.54, 1.807) is 12.1 Å². The summed E-state index contributed by atoms with van der Waals surface area (Å²) < 4.78 is 10.7. The second-order valence-corrected chi connectivity index (χ2v) is 4.10. The Hall–Kier alpha value is -1.26. The normalized spacial score (nSPS) is 10.5. The Balaban J connectivity index is 1.99. The van der Waals surface area contributed by atoms with Gasteiger partial charge in [0.15, 0.2) is 6.61 Å². The summed E-state index contributed by atoms with van der Waals surface area (Å²) in [6.45, 7) is 2.12. The van der Waals surface area contributed by atoms with Crippen molar-refractivity contribution in [3.8, 4) is 5.75 Å². The predicted molar refractivity (Wildman–Crippen MR) is 64.4 cm³/mol. The third-order valence-corrected chi connectivity index (χ3v) is 2.77. The number of nitrogens with zero attached hydrogens (tertiary/aromatic N) is 2. The van der Waals surface area contributed by atoms with Crippen LogP contribution in [0.25, 0.3) is 0 Å². The number of rotatable bonds is 4. The molecule has 0 aliphatic rings. The summed E-state index contributed by atoms with van der Waals surface area (Å²) in [4.78, 5) is 0. The van der Waals surface area contributed by atoms with Crippen LogP contribution < -0.4 is 4.74 Å². The van der Waals surface area contributed by atoms with Gasteiger partial charge in [-0.15, -0.1) is 21.8 Å². The SMILES string of the molecule is Cc1cc(OCc2nnc(CCl)o2)ccc1Cl. The smallest absolute Gasteiger partial charge is 0.253 e. The van der Waals surface area contributed by atoms with Crippen molar-refractivity contribution in [3.63, 3.8) is 0 Å². The first kappa shape index (κ1) is 12.2. The van der Waals surface area contributed by atoms with Gasteiger partial charge in [0.25, 0.3) is 5.89 Å². The van der Waals surface area contributed by atoms with Gasteiger partial charge in [-0.25, -0.2) is 0 Å². The van der Waals surface area contributed by atoms with Crippen LogP contribution in [0.4, 0.5) is 0 Å². The summed E-state index contributed by atoms with van der Waals surface area (Å²) in [5.41, 5.74) is 0.955. The van der Waals surface area contributed by atoms with Crippen LogP contribution in [0.1, 0.15) is 17.3 Å². The first-order chi connectivity index (χ1) is 8.19. The molecule has 1 aromatic heterocycles. The molecule has 2 aromatic rings. The maximum atomic E-state index is 5.91. The molecule has 2 rings (SSSR count). The molecule has 0 saturated carbocycles. The molecule has 0 unspecified atom stereocenters. The number of aromatic nitrogens is 2. The number of halogens is 2. The van der Waals surface area contributed by atoms with E-state index in [1.165, 1.54) is 0 Å². The third-order valence-electron chi connectivity index (χ3n) is 2.11. The van der Waals surface area contributed by atoms with Gasteiger partial charge in [0.05, 0.1) is 0 Å². The molecule has 90 valence electrons. The van der Waals surface area contributed by atoms with Crippen molar-refractivity contribution in [2.45, 2.75) is 19.4 Å². The zero-order chi connectivity index (χ0) is 12.3. The molecule has 17 heavy (non-hydrogen) atoms. The van der Waals surface area contributed by atoms with Gasteiger partial charge in [-0.1, -0.05) is 11.6 Å². The molecule has 0 radical (unpaired) electrons. The molecule has 0 aliphatic carbocycles. The molecule has 4 nitrogen and oxygen atoms in total. The van der Waals surface area contributed by atoms with E-state index in [4.69, 9.17) is 32.4 Å². The highest BCUT2D eigenvalue weighted by molar-refractivity contribution is 6.31. The number of aryl methyl sites for hydroxylation is 1. The minimum Gasteiger partial charge on any atom is -0.484 e. The van der Waals surface area contributed by atoms with Crippen molar-refractivity contribution < 1.29 is 9.15 Å². The molecule has 6 heteroatoms. The number of hydrogen-bond donors (Lipinski definition) is 0. The number of benzene rings is 1. The minimum atomic E-state index is 0.201. The molecule has 0 spiro atoms. The zero-order valence-corrected chi connectivity index (χ0v) is 10.6. The molecule has 0 saturated heterocycles. The number of alkyl halides is 1. The van der Waals surface area contributed by atoms with Crippen LogP contribution in [-0.2, 0) is 12.5 Å². The predicted octanol–water partition coefficient (Wildman–Crippen LogP) is 3.35. The summed E-state index contributed by atoms with van der Waals surface area (Å²) in [5, 5.41) is 8.23. The van der Waals surface area contributed by atoms with E-state index in [-0.39, 0.29) is 12.5 Å². The number of ether oxygens (including phenoxy) is 1. The van der Waals surface area contributed by atoms with E-state index < -0.39 is 0 Å². The minimum absolute atomic E-state index is 0.201. The molecule has 0 bridgehead atoms. The van der Waals surface area contributed by atoms with Crippen LogP contribution in [0.5, 0.6) is 5.75 Å². The summed E-state index contributed by atoms with van der Waals surface area (Å²) in [6, 6.07) is 5.42. The molecule has 0 aliphatic heterocycles. The Morgan fingerprint density at radius 1 is 1.29 bits per heavy atom. The van der Waals surface area contributed by atoms with Crippen LogP contribution in [0.15, 0.2) is 22.6 Å². The van der Waals surface area contributed by atoms with Crippen LogP contribution in [0, 0.1) is 6.92 Å². The average Bonchev–Trinajstić information content (AvgIpc) is 2.79. The molecule has 0 atom stereocenters. The summed E-state index contributed by atoms with van der Waals surface area (Å²) >= 11 is 11.5. The lowest BCUT2D eigenvalue weighted by Crippen LogP contribution is -1.96. The van der Waals surface area contributed by atoms with Gasteiger partial charge in [0, 0.05) is 5.02 Å². The summed E-state index contributed by atoms with van der Waals surface area (Å²) in [5.74, 6) is 1.69. The molecule has 1 aromatic carbocycles. The van der Waals surface area contributed by atoms with Gasteiger partial charge in [-0.05, 0) is 30.7 Å². The van der Waals surface area contributed by atoms with E-state index in [9.17, 15) is 0 Å². The molecule has 0 amide bonds. The second-order valence-electron chi connectivity index (χ2n) is 3.42. The van der Waals surface area contributed by atoms with Gasteiger partial charge in [0.2, 0.25) is 5.89 Å². The van der Waals surface area contributed by atoms with Crippen LogP contribution in [-0.4, -0.2) is 10.2 Å². The van der Waals surface area contributed by atoms with E-state index in [0.29, 0.717) is 22.6 Å². The van der Waals surface area contributed by atoms with E-state index in [0.717, 1.165) is 5.56 Å². The van der Waals surface area contributed by atoms with Crippen molar-refractivity contribution in [2.75, 3.05) is 0 Å². The Labute approximate surface area is 109 Å². The highest BCUT2D eigenvalue weighted by Crippen LogP contribution is 2.21. The van der Waals surface area contributed by atoms with Crippen molar-refractivity contribution in [1.29, 1.82) is 0 Å². The maximum absolute atomic E-state index is 5.91. The fraction of sp³-hybridized carbons (Fsp3) is 0.273. The van der Waals surface area contributed by atoms with Gasteiger partial charge in [-0.3, -0.25) is 0 Å². The quantitative estimate of drug-likeness (QED) is 0.801. The second kappa shape index (κ2) is 5.38. The van der Waals surface area contributed by atoms with E-state index in [2.05, 4.69) is 10.2 Å². The highest BCUT2D eigenvalue weighted by Gasteiger charge is 2.06. The first-order valence-corrected chi connectivity index (χ1v) is 5.86. The summed E-state index contributed by atoms with van der Waals surface area (Å²) in [7, 11) is 0. The standard InChI is InChI=1S/C11H10Cl2N2O2/c1-7-4-8(2-3-9(7)13)16-6-11-15-14-10(5-12)17-11/h2-4H,5-6H2,1H3. The lowest BCUT2D eigenvalue weighted by molar-refractivity contribution is 0.260. The molecule has 0 N–H and O–H groups in total. The average molecular weight is 273 g/mol. The lowest BCUT2D eigenvalue weighted by atomic mass is 10.2. The van der Waals surface area contributed by atoms with Crippen LogP contribution in [0.3, 0.4) is 0 Å². The van der Waals surface area contributed by atoms with E-state index in [1.807, 2.05) is 13.0 Å². The Bertz CT molecular complexity index is 514. The van der Waals surface area contributed by atoms with Gasteiger partial charge >= 0.3 is 0 Å². The van der Waals surface area contributed by atoms with E-state index >= 15 is 0 Å². The topological polar surface area (TPSA) is 48.2 Å². The first-order valence-electron chi connectivity index (χ1n) is 4.95. The van der Waals surface area contributed by atoms with Crippen LogP contribution in [0.2, 0.25) is 5.02 Å². The van der Waals surface area contributed by atoms with Crippen molar-refractivity contribution in [3.05, 3.63) is 40.6 Å². The van der Waals surface area contributed by atoms with Gasteiger partial charge in [0.1, 0.15) is 11.6 Å². The van der Waals surface area contributed by atoms with Crippen molar-refractivity contribution in [1.82, 2.24) is 10.2 Å². The third kappa shape index (κ3) is 3.11. The van der Waals surface area contributed by atoms with Gasteiger partial charge in [-0.2, -0.15) is 0 Å². The maximum Gasteiger partial charge on any atom is 0.253 e. The largest absolute Gasteiger partial charge is 0.484 e. The van der Waals surface area contributed by atoms with Gasteiger partial charge < -0.3 is 9.15 Å². The Morgan fingerprint density at radius 3 is 2.71 bits per heavy atom. The molecular formula is C11H10Cl2N2O2. The Kier molecular flexibility index (Phi) is 3.86. The fourth-order valence-corrected chi connectivity index (χ4v) is 1.48. The molecular weight excluding hydrogens is 263 g/mol. The monoisotopic (exact) mass is 272 g/mol. The molecule has 0 fully saturated rings.